The zero-order valence-corrected chi connectivity index (χ0v) is 36.1. The monoisotopic (exact) mass is 855 g/mol. The van der Waals surface area contributed by atoms with Crippen molar-refractivity contribution >= 4 is 94.5 Å². The van der Waals surface area contributed by atoms with Gasteiger partial charge >= 0.3 is 0 Å². The second-order valence-electron chi connectivity index (χ2n) is 15.8. The molecule has 63 heavy (non-hydrogen) atoms. The fraction of sp³-hybridized carbons (Fsp3) is 0. The van der Waals surface area contributed by atoms with Crippen molar-refractivity contribution in [3.63, 3.8) is 0 Å². The molecule has 4 heterocycles. The van der Waals surface area contributed by atoms with Gasteiger partial charge in [-0.1, -0.05) is 170 Å². The highest BCUT2D eigenvalue weighted by molar-refractivity contribution is 7.27. The van der Waals surface area contributed by atoms with Crippen LogP contribution in [-0.2, 0) is 0 Å². The van der Waals surface area contributed by atoms with Gasteiger partial charge in [0.15, 0.2) is 17.5 Å². The quantitative estimate of drug-likeness (QED) is 0.167. The van der Waals surface area contributed by atoms with Gasteiger partial charge < -0.3 is 0 Å². The molecule has 0 bridgehead atoms. The first kappa shape index (κ1) is 36.3. The van der Waals surface area contributed by atoms with Crippen LogP contribution in [0.4, 0.5) is 0 Å². The molecule has 13 rings (SSSR count). The Labute approximate surface area is 374 Å². The molecule has 9 aromatic carbocycles. The van der Waals surface area contributed by atoms with E-state index in [9.17, 15) is 0 Å². The van der Waals surface area contributed by atoms with E-state index in [4.69, 9.17) is 15.0 Å². The first-order chi connectivity index (χ1) is 31.2. The Morgan fingerprint density at radius 2 is 0.651 bits per heavy atom. The highest BCUT2D eigenvalue weighted by Crippen LogP contribution is 2.48. The zero-order chi connectivity index (χ0) is 41.4. The minimum atomic E-state index is 0.632. The summed E-state index contributed by atoms with van der Waals surface area (Å²) in [7, 11) is 0. The fourth-order valence-corrected chi connectivity index (χ4v) is 12.9. The van der Waals surface area contributed by atoms with E-state index in [1.54, 1.807) is 11.3 Å². The molecule has 0 spiro atoms. The summed E-state index contributed by atoms with van der Waals surface area (Å²) in [6.07, 6.45) is 0. The molecular formula is C57H33N3S3. The standard InChI is InChI=1S/C57H33N3S3/c1-2-15-34(16-3-1)36-17-4-5-21-46(36)56-58-55(59-57(60-56)47-27-14-25-44-40-20-8-11-30-51(40)63-54(44)47)35-31-32-37(41-22-12-23-42-38-18-6-9-28-49(38)61-52(41)42)48(33-35)45-26-13-24-43-39-19-7-10-29-50(39)62-53(43)45/h1-33H. The Kier molecular flexibility index (Phi) is 8.44. The summed E-state index contributed by atoms with van der Waals surface area (Å²) in [4.78, 5) is 16.2. The van der Waals surface area contributed by atoms with E-state index < -0.39 is 0 Å². The molecule has 0 saturated carbocycles. The lowest BCUT2D eigenvalue weighted by molar-refractivity contribution is 1.08. The molecule has 6 heteroatoms. The number of nitrogens with zero attached hydrogens (tertiary/aromatic N) is 3. The number of hydrogen-bond donors (Lipinski definition) is 0. The van der Waals surface area contributed by atoms with Crippen LogP contribution in [0.5, 0.6) is 0 Å². The third-order valence-corrected chi connectivity index (χ3v) is 15.9. The van der Waals surface area contributed by atoms with Crippen LogP contribution in [0.25, 0.3) is 128 Å². The van der Waals surface area contributed by atoms with E-state index >= 15 is 0 Å². The summed E-state index contributed by atoms with van der Waals surface area (Å²) < 4.78 is 7.54. The number of aromatic nitrogens is 3. The summed E-state index contributed by atoms with van der Waals surface area (Å²) >= 11 is 5.52. The number of thiophene rings is 3. The summed E-state index contributed by atoms with van der Waals surface area (Å²) in [6.45, 7) is 0. The molecule has 294 valence electrons. The van der Waals surface area contributed by atoms with E-state index in [-0.39, 0.29) is 0 Å². The molecule has 0 fully saturated rings. The van der Waals surface area contributed by atoms with E-state index in [0.29, 0.717) is 17.5 Å². The van der Waals surface area contributed by atoms with Crippen LogP contribution in [0.15, 0.2) is 200 Å². The van der Waals surface area contributed by atoms with Crippen molar-refractivity contribution in [3.05, 3.63) is 200 Å². The number of benzene rings is 9. The molecule has 0 amide bonds. The molecule has 4 aromatic heterocycles. The Morgan fingerprint density at radius 1 is 0.238 bits per heavy atom. The first-order valence-corrected chi connectivity index (χ1v) is 23.5. The first-order valence-electron chi connectivity index (χ1n) is 21.0. The second-order valence-corrected chi connectivity index (χ2v) is 19.0. The van der Waals surface area contributed by atoms with Crippen molar-refractivity contribution in [2.24, 2.45) is 0 Å². The van der Waals surface area contributed by atoms with Crippen LogP contribution in [-0.4, -0.2) is 15.0 Å². The van der Waals surface area contributed by atoms with Gasteiger partial charge in [-0.3, -0.25) is 0 Å². The van der Waals surface area contributed by atoms with Gasteiger partial charge in [0, 0.05) is 88.3 Å². The molecular weight excluding hydrogens is 823 g/mol. The second kappa shape index (κ2) is 14.6. The topological polar surface area (TPSA) is 38.7 Å². The summed E-state index contributed by atoms with van der Waals surface area (Å²) in [5, 5.41) is 7.57. The Bertz CT molecular complexity index is 3930. The lowest BCUT2D eigenvalue weighted by Crippen LogP contribution is -2.01. The predicted molar refractivity (Wildman–Crippen MR) is 271 cm³/mol. The maximum absolute atomic E-state index is 5.42. The minimum Gasteiger partial charge on any atom is -0.208 e. The van der Waals surface area contributed by atoms with E-state index in [1.807, 2.05) is 22.7 Å². The van der Waals surface area contributed by atoms with Crippen LogP contribution in [0.3, 0.4) is 0 Å². The Morgan fingerprint density at radius 3 is 1.24 bits per heavy atom. The number of hydrogen-bond acceptors (Lipinski definition) is 6. The molecule has 13 aromatic rings. The molecule has 0 radical (unpaired) electrons. The van der Waals surface area contributed by atoms with E-state index in [2.05, 4.69) is 200 Å². The predicted octanol–water partition coefficient (Wildman–Crippen LogP) is 17.0. The summed E-state index contributed by atoms with van der Waals surface area (Å²) in [5.74, 6) is 1.93. The number of fused-ring (bicyclic) bond motifs is 9. The third kappa shape index (κ3) is 5.94. The van der Waals surface area contributed by atoms with Crippen LogP contribution in [0.1, 0.15) is 0 Å². The fourth-order valence-electron chi connectivity index (χ4n) is 9.28. The minimum absolute atomic E-state index is 0.632. The van der Waals surface area contributed by atoms with Crippen LogP contribution in [0.2, 0.25) is 0 Å². The van der Waals surface area contributed by atoms with Gasteiger partial charge in [-0.05, 0) is 52.6 Å². The molecule has 3 nitrogen and oxygen atoms in total. The molecule has 0 aliphatic heterocycles. The van der Waals surface area contributed by atoms with Gasteiger partial charge in [-0.25, -0.2) is 15.0 Å². The summed E-state index contributed by atoms with van der Waals surface area (Å²) in [6, 6.07) is 71.9. The largest absolute Gasteiger partial charge is 0.208 e. The average Bonchev–Trinajstić information content (AvgIpc) is 4.06. The lowest BCUT2D eigenvalue weighted by Gasteiger charge is -2.16. The van der Waals surface area contributed by atoms with Gasteiger partial charge in [0.2, 0.25) is 0 Å². The van der Waals surface area contributed by atoms with Crippen molar-refractivity contribution in [1.29, 1.82) is 0 Å². The van der Waals surface area contributed by atoms with Gasteiger partial charge in [0.1, 0.15) is 0 Å². The molecule has 0 aliphatic carbocycles. The maximum Gasteiger partial charge on any atom is 0.165 e. The Hall–Kier alpha value is -7.35. The molecule has 0 saturated heterocycles. The van der Waals surface area contributed by atoms with Gasteiger partial charge in [0.05, 0.1) is 0 Å². The smallest absolute Gasteiger partial charge is 0.165 e. The molecule has 0 atom stereocenters. The van der Waals surface area contributed by atoms with Crippen LogP contribution >= 0.6 is 34.0 Å². The highest BCUT2D eigenvalue weighted by atomic mass is 32.1. The lowest BCUT2D eigenvalue weighted by atomic mass is 9.91. The molecule has 0 aliphatic rings. The molecule has 0 N–H and O–H groups in total. The van der Waals surface area contributed by atoms with Crippen molar-refractivity contribution in [1.82, 2.24) is 15.0 Å². The normalized spacial score (nSPS) is 11.8. The van der Waals surface area contributed by atoms with Crippen molar-refractivity contribution in [2.75, 3.05) is 0 Å². The SMILES string of the molecule is c1ccc(-c2ccccc2-c2nc(-c3ccc(-c4cccc5c4sc4ccccc45)c(-c4cccc5c4sc4ccccc45)c3)nc(-c3cccc4c3sc3ccccc34)n2)cc1. The average molecular weight is 856 g/mol. The van der Waals surface area contributed by atoms with Crippen LogP contribution < -0.4 is 0 Å². The van der Waals surface area contributed by atoms with E-state index in [0.717, 1.165) is 33.4 Å². The zero-order valence-electron chi connectivity index (χ0n) is 33.6. The van der Waals surface area contributed by atoms with E-state index in [1.165, 1.54) is 77.2 Å². The maximum atomic E-state index is 5.42. The number of rotatable bonds is 6. The van der Waals surface area contributed by atoms with Gasteiger partial charge in [-0.15, -0.1) is 34.0 Å². The summed E-state index contributed by atoms with van der Waals surface area (Å²) in [5.41, 5.74) is 9.82. The highest BCUT2D eigenvalue weighted by Gasteiger charge is 2.22. The molecule has 0 unspecified atom stereocenters. The third-order valence-electron chi connectivity index (χ3n) is 12.2. The van der Waals surface area contributed by atoms with Crippen molar-refractivity contribution in [2.45, 2.75) is 0 Å². The van der Waals surface area contributed by atoms with Gasteiger partial charge in [-0.2, -0.15) is 0 Å². The van der Waals surface area contributed by atoms with Crippen molar-refractivity contribution < 1.29 is 0 Å². The van der Waals surface area contributed by atoms with Crippen molar-refractivity contribution in [3.8, 4) is 67.5 Å². The van der Waals surface area contributed by atoms with Crippen LogP contribution in [0, 0.1) is 0 Å². The Balaban J connectivity index is 1.09. The van der Waals surface area contributed by atoms with Gasteiger partial charge in [0.25, 0.3) is 0 Å².